The Labute approximate surface area is 114 Å². The van der Waals surface area contributed by atoms with Crippen molar-refractivity contribution in [2.24, 2.45) is 5.92 Å². The summed E-state index contributed by atoms with van der Waals surface area (Å²) in [5.41, 5.74) is 8.07. The maximum absolute atomic E-state index is 11.8. The molecule has 0 bridgehead atoms. The summed E-state index contributed by atoms with van der Waals surface area (Å²) in [7, 11) is 0. The second kappa shape index (κ2) is 6.57. The van der Waals surface area contributed by atoms with Gasteiger partial charge in [-0.25, -0.2) is 0 Å². The van der Waals surface area contributed by atoms with Crippen LogP contribution in [0.15, 0.2) is 18.2 Å². The SMILES string of the molecule is Cc1cccc(N)c1NC(=O)COCCC1CCC1. The Morgan fingerprint density at radius 1 is 1.47 bits per heavy atom. The van der Waals surface area contributed by atoms with Crippen molar-refractivity contribution in [3.8, 4) is 0 Å². The number of carbonyl (C=O) groups is 1. The molecular formula is C15H22N2O2. The number of carbonyl (C=O) groups excluding carboxylic acids is 1. The zero-order chi connectivity index (χ0) is 13.7. The number of nitrogens with one attached hydrogen (secondary N) is 1. The van der Waals surface area contributed by atoms with E-state index in [0.717, 1.165) is 17.9 Å². The third kappa shape index (κ3) is 3.96. The number of anilines is 2. The van der Waals surface area contributed by atoms with Gasteiger partial charge in [-0.15, -0.1) is 0 Å². The molecule has 0 saturated heterocycles. The highest BCUT2D eigenvalue weighted by Crippen LogP contribution is 2.29. The molecule has 4 heteroatoms. The van der Waals surface area contributed by atoms with E-state index in [4.69, 9.17) is 10.5 Å². The second-order valence-electron chi connectivity index (χ2n) is 5.23. The number of para-hydroxylation sites is 1. The van der Waals surface area contributed by atoms with Gasteiger partial charge in [0.2, 0.25) is 5.91 Å². The maximum Gasteiger partial charge on any atom is 0.250 e. The molecule has 1 saturated carbocycles. The summed E-state index contributed by atoms with van der Waals surface area (Å²) >= 11 is 0. The van der Waals surface area contributed by atoms with Crippen LogP contribution < -0.4 is 11.1 Å². The van der Waals surface area contributed by atoms with E-state index >= 15 is 0 Å². The first kappa shape index (κ1) is 13.9. The second-order valence-corrected chi connectivity index (χ2v) is 5.23. The van der Waals surface area contributed by atoms with E-state index in [1.807, 2.05) is 19.1 Å². The van der Waals surface area contributed by atoms with E-state index in [1.165, 1.54) is 19.3 Å². The Morgan fingerprint density at radius 3 is 2.89 bits per heavy atom. The predicted molar refractivity (Wildman–Crippen MR) is 77.0 cm³/mol. The molecule has 1 aliphatic carbocycles. The first-order valence-electron chi connectivity index (χ1n) is 6.89. The molecule has 0 spiro atoms. The lowest BCUT2D eigenvalue weighted by Gasteiger charge is -2.24. The molecule has 0 aliphatic heterocycles. The highest BCUT2D eigenvalue weighted by atomic mass is 16.5. The Balaban J connectivity index is 1.71. The zero-order valence-electron chi connectivity index (χ0n) is 11.4. The van der Waals surface area contributed by atoms with E-state index < -0.39 is 0 Å². The topological polar surface area (TPSA) is 64.3 Å². The molecule has 104 valence electrons. The largest absolute Gasteiger partial charge is 0.397 e. The van der Waals surface area contributed by atoms with Gasteiger partial charge in [-0.05, 0) is 30.9 Å². The van der Waals surface area contributed by atoms with Crippen LogP contribution in [0.5, 0.6) is 0 Å². The van der Waals surface area contributed by atoms with Crippen molar-refractivity contribution in [3.63, 3.8) is 0 Å². The van der Waals surface area contributed by atoms with Crippen LogP contribution in [-0.2, 0) is 9.53 Å². The highest BCUT2D eigenvalue weighted by molar-refractivity contribution is 5.95. The molecule has 1 fully saturated rings. The lowest BCUT2D eigenvalue weighted by Crippen LogP contribution is -2.21. The minimum Gasteiger partial charge on any atom is -0.397 e. The minimum atomic E-state index is -0.144. The van der Waals surface area contributed by atoms with Gasteiger partial charge in [-0.1, -0.05) is 31.4 Å². The molecule has 1 aromatic carbocycles. The summed E-state index contributed by atoms with van der Waals surface area (Å²) in [4.78, 5) is 11.8. The molecule has 0 radical (unpaired) electrons. The zero-order valence-corrected chi connectivity index (χ0v) is 11.4. The molecule has 4 nitrogen and oxygen atoms in total. The average molecular weight is 262 g/mol. The number of rotatable bonds is 6. The van der Waals surface area contributed by atoms with Crippen LogP contribution in [-0.4, -0.2) is 19.1 Å². The van der Waals surface area contributed by atoms with Gasteiger partial charge < -0.3 is 15.8 Å². The van der Waals surface area contributed by atoms with Crippen LogP contribution in [0.3, 0.4) is 0 Å². The smallest absolute Gasteiger partial charge is 0.250 e. The van der Waals surface area contributed by atoms with Gasteiger partial charge in [0.05, 0.1) is 11.4 Å². The molecular weight excluding hydrogens is 240 g/mol. The predicted octanol–water partition coefficient (Wildman–Crippen LogP) is 2.72. The third-order valence-corrected chi connectivity index (χ3v) is 3.70. The number of nitrogens with two attached hydrogens (primary N) is 1. The summed E-state index contributed by atoms with van der Waals surface area (Å²) in [5.74, 6) is 0.671. The van der Waals surface area contributed by atoms with Crippen molar-refractivity contribution in [2.45, 2.75) is 32.6 Å². The summed E-state index contributed by atoms with van der Waals surface area (Å²) in [5, 5.41) is 2.81. The number of ether oxygens (including phenoxy) is 1. The number of nitrogen functional groups attached to an aromatic ring is 1. The van der Waals surface area contributed by atoms with E-state index in [2.05, 4.69) is 5.32 Å². The summed E-state index contributed by atoms with van der Waals surface area (Å²) < 4.78 is 5.40. The van der Waals surface area contributed by atoms with Crippen molar-refractivity contribution in [1.29, 1.82) is 0 Å². The summed E-state index contributed by atoms with van der Waals surface area (Å²) in [6.45, 7) is 2.69. The fourth-order valence-electron chi connectivity index (χ4n) is 2.23. The van der Waals surface area contributed by atoms with Crippen molar-refractivity contribution >= 4 is 17.3 Å². The molecule has 3 N–H and O–H groups in total. The van der Waals surface area contributed by atoms with Gasteiger partial charge in [-0.3, -0.25) is 4.79 Å². The fraction of sp³-hybridized carbons (Fsp3) is 0.533. The molecule has 0 aromatic heterocycles. The third-order valence-electron chi connectivity index (χ3n) is 3.70. The lowest BCUT2D eigenvalue weighted by molar-refractivity contribution is -0.120. The molecule has 0 atom stereocenters. The van der Waals surface area contributed by atoms with Crippen LogP contribution in [0.25, 0.3) is 0 Å². The Kier molecular flexibility index (Phi) is 4.80. The maximum atomic E-state index is 11.8. The Hall–Kier alpha value is -1.55. The van der Waals surface area contributed by atoms with Gasteiger partial charge >= 0.3 is 0 Å². The first-order chi connectivity index (χ1) is 9.16. The molecule has 1 amide bonds. The molecule has 0 unspecified atom stereocenters. The first-order valence-corrected chi connectivity index (χ1v) is 6.89. The molecule has 1 aromatic rings. The van der Waals surface area contributed by atoms with E-state index in [0.29, 0.717) is 18.0 Å². The van der Waals surface area contributed by atoms with Crippen LogP contribution in [0, 0.1) is 12.8 Å². The fourth-order valence-corrected chi connectivity index (χ4v) is 2.23. The van der Waals surface area contributed by atoms with Crippen LogP contribution in [0.4, 0.5) is 11.4 Å². The number of amides is 1. The van der Waals surface area contributed by atoms with Crippen molar-refractivity contribution in [1.82, 2.24) is 0 Å². The summed E-state index contributed by atoms with van der Waals surface area (Å²) in [6, 6.07) is 5.57. The van der Waals surface area contributed by atoms with Crippen LogP contribution >= 0.6 is 0 Å². The molecule has 19 heavy (non-hydrogen) atoms. The van der Waals surface area contributed by atoms with Gasteiger partial charge in [0, 0.05) is 6.61 Å². The molecule has 1 aliphatic rings. The van der Waals surface area contributed by atoms with Crippen molar-refractivity contribution < 1.29 is 9.53 Å². The highest BCUT2D eigenvalue weighted by Gasteiger charge is 2.16. The van der Waals surface area contributed by atoms with Gasteiger partial charge in [0.1, 0.15) is 6.61 Å². The minimum absolute atomic E-state index is 0.0977. The van der Waals surface area contributed by atoms with E-state index in [1.54, 1.807) is 6.07 Å². The average Bonchev–Trinajstić information content (AvgIpc) is 2.31. The lowest BCUT2D eigenvalue weighted by atomic mass is 9.83. The number of hydrogen-bond donors (Lipinski definition) is 2. The molecule has 2 rings (SSSR count). The number of benzene rings is 1. The van der Waals surface area contributed by atoms with E-state index in [9.17, 15) is 4.79 Å². The number of hydrogen-bond acceptors (Lipinski definition) is 3. The van der Waals surface area contributed by atoms with Crippen molar-refractivity contribution in [3.05, 3.63) is 23.8 Å². The number of aryl methyl sites for hydroxylation is 1. The van der Waals surface area contributed by atoms with Crippen molar-refractivity contribution in [2.75, 3.05) is 24.3 Å². The Morgan fingerprint density at radius 2 is 2.26 bits per heavy atom. The van der Waals surface area contributed by atoms with Crippen LogP contribution in [0.1, 0.15) is 31.2 Å². The molecule has 0 heterocycles. The van der Waals surface area contributed by atoms with Gasteiger partial charge in [0.15, 0.2) is 0 Å². The van der Waals surface area contributed by atoms with Crippen LogP contribution in [0.2, 0.25) is 0 Å². The normalized spacial score (nSPS) is 15.0. The van der Waals surface area contributed by atoms with Gasteiger partial charge in [-0.2, -0.15) is 0 Å². The monoisotopic (exact) mass is 262 g/mol. The summed E-state index contributed by atoms with van der Waals surface area (Å²) in [6.07, 6.45) is 5.04. The van der Waals surface area contributed by atoms with E-state index in [-0.39, 0.29) is 12.5 Å². The van der Waals surface area contributed by atoms with Gasteiger partial charge in [0.25, 0.3) is 0 Å². The quantitative estimate of drug-likeness (QED) is 0.612. The standard InChI is InChI=1S/C15H22N2O2/c1-11-4-2-7-13(16)15(11)17-14(18)10-19-9-8-12-5-3-6-12/h2,4,7,12H,3,5-6,8-10,16H2,1H3,(H,17,18). The Bertz CT molecular complexity index is 422.